The van der Waals surface area contributed by atoms with Crippen molar-refractivity contribution < 1.29 is 14.6 Å². The molecule has 1 aromatic rings. The highest BCUT2D eigenvalue weighted by Gasteiger charge is 2.20. The van der Waals surface area contributed by atoms with Gasteiger partial charge in [0.15, 0.2) is 11.5 Å². The number of rotatable bonds is 8. The number of benzene rings is 1. The monoisotopic (exact) mass is 266 g/mol. The maximum absolute atomic E-state index is 10.1. The predicted molar refractivity (Wildman–Crippen MR) is 78.0 cm³/mol. The van der Waals surface area contributed by atoms with Crippen molar-refractivity contribution in [2.45, 2.75) is 58.7 Å². The number of hydrogen-bond acceptors (Lipinski definition) is 3. The first-order valence-corrected chi connectivity index (χ1v) is 7.17. The van der Waals surface area contributed by atoms with Gasteiger partial charge in [-0.05, 0) is 37.0 Å². The SMILES string of the molecule is CCCC(O)C(CC)Oc1ccc(CC)cc1OC. The van der Waals surface area contributed by atoms with E-state index in [-0.39, 0.29) is 6.10 Å². The Kier molecular flexibility index (Phi) is 6.71. The molecule has 2 unspecified atom stereocenters. The van der Waals surface area contributed by atoms with E-state index in [1.807, 2.05) is 25.1 Å². The Bertz CT molecular complexity index is 376. The number of aliphatic hydroxyl groups excluding tert-OH is 1. The van der Waals surface area contributed by atoms with Gasteiger partial charge in [0.05, 0.1) is 13.2 Å². The largest absolute Gasteiger partial charge is 0.493 e. The standard InChI is InChI=1S/C16H26O3/c1-5-8-13(17)14(7-3)19-15-10-9-12(6-2)11-16(15)18-4/h9-11,13-14,17H,5-8H2,1-4H3. The van der Waals surface area contributed by atoms with Gasteiger partial charge in [-0.15, -0.1) is 0 Å². The summed E-state index contributed by atoms with van der Waals surface area (Å²) in [5.74, 6) is 1.45. The highest BCUT2D eigenvalue weighted by molar-refractivity contribution is 5.43. The van der Waals surface area contributed by atoms with Crippen LogP contribution in [0.4, 0.5) is 0 Å². The maximum atomic E-state index is 10.1. The highest BCUT2D eigenvalue weighted by atomic mass is 16.5. The summed E-state index contributed by atoms with van der Waals surface area (Å²) in [5.41, 5.74) is 1.21. The molecular weight excluding hydrogens is 240 g/mol. The van der Waals surface area contributed by atoms with E-state index in [1.54, 1.807) is 7.11 Å². The van der Waals surface area contributed by atoms with E-state index in [0.717, 1.165) is 31.4 Å². The van der Waals surface area contributed by atoms with Gasteiger partial charge in [0, 0.05) is 0 Å². The Morgan fingerprint density at radius 2 is 1.89 bits per heavy atom. The third-order valence-electron chi connectivity index (χ3n) is 3.33. The smallest absolute Gasteiger partial charge is 0.161 e. The molecule has 0 saturated carbocycles. The Balaban J connectivity index is 2.84. The van der Waals surface area contributed by atoms with E-state index in [2.05, 4.69) is 13.8 Å². The van der Waals surface area contributed by atoms with Crippen molar-refractivity contribution >= 4 is 0 Å². The van der Waals surface area contributed by atoms with Crippen molar-refractivity contribution in [3.8, 4) is 11.5 Å². The van der Waals surface area contributed by atoms with Gasteiger partial charge in [0.1, 0.15) is 6.10 Å². The number of hydrogen-bond donors (Lipinski definition) is 1. The minimum atomic E-state index is -0.425. The molecule has 0 radical (unpaired) electrons. The summed E-state index contributed by atoms with van der Waals surface area (Å²) in [6, 6.07) is 5.96. The molecule has 0 saturated heterocycles. The molecule has 0 fully saturated rings. The topological polar surface area (TPSA) is 38.7 Å². The summed E-state index contributed by atoms with van der Waals surface area (Å²) in [5, 5.41) is 10.1. The lowest BCUT2D eigenvalue weighted by Gasteiger charge is -2.24. The van der Waals surface area contributed by atoms with Gasteiger partial charge in [-0.2, -0.15) is 0 Å². The molecule has 1 aromatic carbocycles. The number of aryl methyl sites for hydroxylation is 1. The molecule has 0 spiro atoms. The molecule has 19 heavy (non-hydrogen) atoms. The molecular formula is C16H26O3. The second-order valence-corrected chi connectivity index (χ2v) is 4.76. The van der Waals surface area contributed by atoms with E-state index >= 15 is 0 Å². The van der Waals surface area contributed by atoms with Crippen LogP contribution in [0, 0.1) is 0 Å². The molecule has 0 aromatic heterocycles. The summed E-state index contributed by atoms with van der Waals surface area (Å²) >= 11 is 0. The van der Waals surface area contributed by atoms with Gasteiger partial charge in [0.2, 0.25) is 0 Å². The van der Waals surface area contributed by atoms with Crippen LogP contribution >= 0.6 is 0 Å². The summed E-state index contributed by atoms with van der Waals surface area (Å²) in [4.78, 5) is 0. The fourth-order valence-electron chi connectivity index (χ4n) is 2.11. The molecule has 0 bridgehead atoms. The normalized spacial score (nSPS) is 13.9. The molecule has 3 nitrogen and oxygen atoms in total. The molecule has 0 aliphatic rings. The van der Waals surface area contributed by atoms with Crippen LogP contribution in [0.2, 0.25) is 0 Å². The van der Waals surface area contributed by atoms with E-state index in [4.69, 9.17) is 9.47 Å². The second-order valence-electron chi connectivity index (χ2n) is 4.76. The van der Waals surface area contributed by atoms with Crippen molar-refractivity contribution in [3.63, 3.8) is 0 Å². The minimum Gasteiger partial charge on any atom is -0.493 e. The van der Waals surface area contributed by atoms with Crippen LogP contribution in [0.3, 0.4) is 0 Å². The molecule has 0 aliphatic heterocycles. The molecule has 2 atom stereocenters. The quantitative estimate of drug-likeness (QED) is 0.781. The van der Waals surface area contributed by atoms with E-state index < -0.39 is 6.10 Å². The molecule has 0 heterocycles. The van der Waals surface area contributed by atoms with Crippen molar-refractivity contribution in [2.75, 3.05) is 7.11 Å². The summed E-state index contributed by atoms with van der Waals surface area (Å²) in [6.45, 7) is 6.19. The Hall–Kier alpha value is -1.22. The van der Waals surface area contributed by atoms with Crippen LogP contribution < -0.4 is 9.47 Å². The van der Waals surface area contributed by atoms with Crippen LogP contribution in [0.5, 0.6) is 11.5 Å². The average molecular weight is 266 g/mol. The molecule has 1 rings (SSSR count). The van der Waals surface area contributed by atoms with Crippen LogP contribution in [0.15, 0.2) is 18.2 Å². The minimum absolute atomic E-state index is 0.179. The second kappa shape index (κ2) is 8.05. The van der Waals surface area contributed by atoms with Gasteiger partial charge in [0.25, 0.3) is 0 Å². The fraction of sp³-hybridized carbons (Fsp3) is 0.625. The van der Waals surface area contributed by atoms with E-state index in [9.17, 15) is 5.11 Å². The third kappa shape index (κ3) is 4.43. The lowest BCUT2D eigenvalue weighted by atomic mass is 10.1. The third-order valence-corrected chi connectivity index (χ3v) is 3.33. The maximum Gasteiger partial charge on any atom is 0.161 e. The predicted octanol–water partition coefficient (Wildman–Crippen LogP) is 3.58. The van der Waals surface area contributed by atoms with Gasteiger partial charge in [-0.25, -0.2) is 0 Å². The first-order chi connectivity index (χ1) is 9.15. The van der Waals surface area contributed by atoms with E-state index in [1.165, 1.54) is 5.56 Å². The van der Waals surface area contributed by atoms with E-state index in [0.29, 0.717) is 5.75 Å². The zero-order valence-corrected chi connectivity index (χ0v) is 12.5. The summed E-state index contributed by atoms with van der Waals surface area (Å²) < 4.78 is 11.3. The lowest BCUT2D eigenvalue weighted by Crippen LogP contribution is -2.31. The Labute approximate surface area is 116 Å². The fourth-order valence-corrected chi connectivity index (χ4v) is 2.11. The number of ether oxygens (including phenoxy) is 2. The average Bonchev–Trinajstić information content (AvgIpc) is 2.44. The van der Waals surface area contributed by atoms with Crippen LogP contribution in [-0.4, -0.2) is 24.4 Å². The van der Waals surface area contributed by atoms with Crippen LogP contribution in [0.25, 0.3) is 0 Å². The highest BCUT2D eigenvalue weighted by Crippen LogP contribution is 2.30. The van der Waals surface area contributed by atoms with Crippen molar-refractivity contribution in [2.24, 2.45) is 0 Å². The zero-order valence-electron chi connectivity index (χ0n) is 12.5. The van der Waals surface area contributed by atoms with Gasteiger partial charge in [-0.3, -0.25) is 0 Å². The van der Waals surface area contributed by atoms with Crippen molar-refractivity contribution in [3.05, 3.63) is 23.8 Å². The summed E-state index contributed by atoms with van der Waals surface area (Å²) in [6.07, 6.45) is 2.85. The van der Waals surface area contributed by atoms with Crippen LogP contribution in [0.1, 0.15) is 45.6 Å². The first kappa shape index (κ1) is 15.8. The summed E-state index contributed by atoms with van der Waals surface area (Å²) in [7, 11) is 1.64. The van der Waals surface area contributed by atoms with Gasteiger partial charge in [-0.1, -0.05) is 33.3 Å². The van der Waals surface area contributed by atoms with Gasteiger partial charge < -0.3 is 14.6 Å². The molecule has 3 heteroatoms. The number of aliphatic hydroxyl groups is 1. The van der Waals surface area contributed by atoms with Crippen molar-refractivity contribution in [1.29, 1.82) is 0 Å². The molecule has 0 amide bonds. The number of methoxy groups -OCH3 is 1. The zero-order chi connectivity index (χ0) is 14.3. The first-order valence-electron chi connectivity index (χ1n) is 7.17. The molecule has 1 N–H and O–H groups in total. The Morgan fingerprint density at radius 1 is 1.16 bits per heavy atom. The Morgan fingerprint density at radius 3 is 2.42 bits per heavy atom. The van der Waals surface area contributed by atoms with Crippen molar-refractivity contribution in [1.82, 2.24) is 0 Å². The van der Waals surface area contributed by atoms with Crippen LogP contribution in [-0.2, 0) is 6.42 Å². The molecule has 108 valence electrons. The molecule has 0 aliphatic carbocycles. The lowest BCUT2D eigenvalue weighted by molar-refractivity contribution is 0.0270. The van der Waals surface area contributed by atoms with Gasteiger partial charge >= 0.3 is 0 Å².